The zero-order valence-corrected chi connectivity index (χ0v) is 10.5. The second-order valence-corrected chi connectivity index (χ2v) is 4.42. The number of hydrogen-bond acceptors (Lipinski definition) is 3. The molecule has 92 valence electrons. The van der Waals surface area contributed by atoms with E-state index in [0.717, 1.165) is 25.9 Å². The predicted molar refractivity (Wildman–Crippen MR) is 67.3 cm³/mol. The van der Waals surface area contributed by atoms with Crippen molar-refractivity contribution in [1.29, 1.82) is 0 Å². The van der Waals surface area contributed by atoms with Crippen LogP contribution in [0.5, 0.6) is 0 Å². The Morgan fingerprint density at radius 3 is 2.75 bits per heavy atom. The molecule has 4 nitrogen and oxygen atoms in total. The molecule has 0 unspecified atom stereocenters. The summed E-state index contributed by atoms with van der Waals surface area (Å²) in [5, 5.41) is 4.17. The molecule has 2 N–H and O–H groups in total. The highest BCUT2D eigenvalue weighted by atomic mass is 15.2. The van der Waals surface area contributed by atoms with Gasteiger partial charge in [-0.1, -0.05) is 6.42 Å². The molecule has 0 bridgehead atoms. The Bertz CT molecular complexity index is 282. The third-order valence-electron chi connectivity index (χ3n) is 2.78. The van der Waals surface area contributed by atoms with Gasteiger partial charge in [0.2, 0.25) is 0 Å². The largest absolute Gasteiger partial charge is 0.330 e. The number of likely N-dealkylation sites (N-methyl/N-ethyl adjacent to an activating group) is 1. The number of nitrogens with zero attached hydrogens (tertiary/aromatic N) is 3. The number of aromatic nitrogens is 2. The molecule has 0 fully saturated rings. The van der Waals surface area contributed by atoms with Crippen LogP contribution in [0.3, 0.4) is 0 Å². The molecule has 1 rings (SSSR count). The maximum atomic E-state index is 5.46. The average Bonchev–Trinajstić information content (AvgIpc) is 2.68. The SMILES string of the molecule is CN(CCCCCN)CCc1cnn(C)c1. The van der Waals surface area contributed by atoms with E-state index in [2.05, 4.69) is 23.2 Å². The lowest BCUT2D eigenvalue weighted by molar-refractivity contribution is 0.329. The van der Waals surface area contributed by atoms with Crippen LogP contribution >= 0.6 is 0 Å². The summed E-state index contributed by atoms with van der Waals surface area (Å²) in [6.07, 6.45) is 8.76. The molecule has 0 aliphatic rings. The number of nitrogens with two attached hydrogens (primary N) is 1. The van der Waals surface area contributed by atoms with Crippen LogP contribution in [-0.4, -0.2) is 41.4 Å². The molecule has 1 aromatic heterocycles. The summed E-state index contributed by atoms with van der Waals surface area (Å²) in [6.45, 7) is 3.09. The molecule has 0 amide bonds. The molecule has 1 aromatic rings. The maximum Gasteiger partial charge on any atom is 0.0522 e. The van der Waals surface area contributed by atoms with Gasteiger partial charge in [-0.15, -0.1) is 0 Å². The first-order valence-electron chi connectivity index (χ1n) is 6.08. The first-order valence-corrected chi connectivity index (χ1v) is 6.08. The van der Waals surface area contributed by atoms with E-state index in [1.807, 2.05) is 17.9 Å². The molecule has 4 heteroatoms. The first kappa shape index (κ1) is 13.2. The van der Waals surface area contributed by atoms with Gasteiger partial charge in [-0.25, -0.2) is 0 Å². The number of unbranched alkanes of at least 4 members (excludes halogenated alkanes) is 2. The van der Waals surface area contributed by atoms with E-state index in [1.165, 1.54) is 24.9 Å². The maximum absolute atomic E-state index is 5.46. The summed E-state index contributed by atoms with van der Waals surface area (Å²) >= 11 is 0. The molecule has 0 aliphatic carbocycles. The molecule has 0 atom stereocenters. The lowest BCUT2D eigenvalue weighted by Gasteiger charge is -2.15. The van der Waals surface area contributed by atoms with Crippen LogP contribution in [-0.2, 0) is 13.5 Å². The molecule has 0 saturated carbocycles. The second kappa shape index (κ2) is 7.41. The normalized spacial score (nSPS) is 11.2. The van der Waals surface area contributed by atoms with Crippen molar-refractivity contribution in [3.63, 3.8) is 0 Å². The molecule has 16 heavy (non-hydrogen) atoms. The molecular weight excluding hydrogens is 200 g/mol. The van der Waals surface area contributed by atoms with E-state index in [1.54, 1.807) is 0 Å². The standard InChI is InChI=1S/C12H24N4/c1-15(8-5-3-4-7-13)9-6-12-10-14-16(2)11-12/h10-11H,3-9,13H2,1-2H3. The molecule has 0 spiro atoms. The summed E-state index contributed by atoms with van der Waals surface area (Å²) in [4.78, 5) is 2.38. The summed E-state index contributed by atoms with van der Waals surface area (Å²) in [7, 11) is 4.14. The minimum absolute atomic E-state index is 0.819. The Morgan fingerprint density at radius 1 is 1.31 bits per heavy atom. The molecule has 1 heterocycles. The van der Waals surface area contributed by atoms with Crippen LogP contribution in [0.4, 0.5) is 0 Å². The van der Waals surface area contributed by atoms with E-state index in [4.69, 9.17) is 5.73 Å². The van der Waals surface area contributed by atoms with Gasteiger partial charge in [-0.3, -0.25) is 4.68 Å². The van der Waals surface area contributed by atoms with Gasteiger partial charge in [-0.05, 0) is 45.0 Å². The Labute approximate surface area is 98.4 Å². The van der Waals surface area contributed by atoms with Crippen LogP contribution in [0.2, 0.25) is 0 Å². The predicted octanol–water partition coefficient (Wildman–Crippen LogP) is 1.02. The average molecular weight is 224 g/mol. The third kappa shape index (κ3) is 5.28. The Morgan fingerprint density at radius 2 is 2.12 bits per heavy atom. The zero-order valence-electron chi connectivity index (χ0n) is 10.5. The third-order valence-corrected chi connectivity index (χ3v) is 2.78. The smallest absolute Gasteiger partial charge is 0.0522 e. The summed E-state index contributed by atoms with van der Waals surface area (Å²) in [5.74, 6) is 0. The van der Waals surface area contributed by atoms with Crippen LogP contribution in [0, 0.1) is 0 Å². The van der Waals surface area contributed by atoms with Gasteiger partial charge >= 0.3 is 0 Å². The monoisotopic (exact) mass is 224 g/mol. The highest BCUT2D eigenvalue weighted by Gasteiger charge is 2.00. The molecule has 0 aromatic carbocycles. The van der Waals surface area contributed by atoms with Gasteiger partial charge in [0.15, 0.2) is 0 Å². The van der Waals surface area contributed by atoms with Crippen molar-refractivity contribution < 1.29 is 0 Å². The lowest BCUT2D eigenvalue weighted by Crippen LogP contribution is -2.22. The fourth-order valence-corrected chi connectivity index (χ4v) is 1.74. The van der Waals surface area contributed by atoms with Gasteiger partial charge in [0.05, 0.1) is 6.20 Å². The van der Waals surface area contributed by atoms with Crippen molar-refractivity contribution in [2.24, 2.45) is 12.8 Å². The fraction of sp³-hybridized carbons (Fsp3) is 0.750. The highest BCUT2D eigenvalue weighted by Crippen LogP contribution is 2.01. The topological polar surface area (TPSA) is 47.1 Å². The van der Waals surface area contributed by atoms with Crippen molar-refractivity contribution >= 4 is 0 Å². The number of rotatable bonds is 8. The van der Waals surface area contributed by atoms with Gasteiger partial charge in [0.1, 0.15) is 0 Å². The number of hydrogen-bond donors (Lipinski definition) is 1. The summed E-state index contributed by atoms with van der Waals surface area (Å²) in [6, 6.07) is 0. The molecule has 0 aliphatic heterocycles. The summed E-state index contributed by atoms with van der Waals surface area (Å²) in [5.41, 5.74) is 6.78. The van der Waals surface area contributed by atoms with Crippen molar-refractivity contribution in [1.82, 2.24) is 14.7 Å². The van der Waals surface area contributed by atoms with Crippen molar-refractivity contribution in [3.8, 4) is 0 Å². The van der Waals surface area contributed by atoms with Gasteiger partial charge in [-0.2, -0.15) is 5.10 Å². The van der Waals surface area contributed by atoms with Crippen molar-refractivity contribution in [2.75, 3.05) is 26.7 Å². The van der Waals surface area contributed by atoms with E-state index in [9.17, 15) is 0 Å². The minimum Gasteiger partial charge on any atom is -0.330 e. The van der Waals surface area contributed by atoms with Crippen LogP contribution < -0.4 is 5.73 Å². The Kier molecular flexibility index (Phi) is 6.11. The van der Waals surface area contributed by atoms with Gasteiger partial charge < -0.3 is 10.6 Å². The Hall–Kier alpha value is -0.870. The van der Waals surface area contributed by atoms with Crippen molar-refractivity contribution in [2.45, 2.75) is 25.7 Å². The highest BCUT2D eigenvalue weighted by molar-refractivity contribution is 5.03. The fourth-order valence-electron chi connectivity index (χ4n) is 1.74. The van der Waals surface area contributed by atoms with E-state index >= 15 is 0 Å². The minimum atomic E-state index is 0.819. The van der Waals surface area contributed by atoms with E-state index in [-0.39, 0.29) is 0 Å². The van der Waals surface area contributed by atoms with E-state index in [0.29, 0.717) is 0 Å². The molecule has 0 radical (unpaired) electrons. The molecular formula is C12H24N4. The lowest BCUT2D eigenvalue weighted by atomic mass is 10.2. The Balaban J connectivity index is 2.08. The van der Waals surface area contributed by atoms with Crippen molar-refractivity contribution in [3.05, 3.63) is 18.0 Å². The van der Waals surface area contributed by atoms with Crippen LogP contribution in [0.15, 0.2) is 12.4 Å². The molecule has 0 saturated heterocycles. The first-order chi connectivity index (χ1) is 7.72. The quantitative estimate of drug-likeness (QED) is 0.671. The summed E-state index contributed by atoms with van der Waals surface area (Å²) < 4.78 is 1.86. The van der Waals surface area contributed by atoms with Crippen LogP contribution in [0.1, 0.15) is 24.8 Å². The number of aryl methyl sites for hydroxylation is 1. The van der Waals surface area contributed by atoms with Gasteiger partial charge in [0.25, 0.3) is 0 Å². The zero-order chi connectivity index (χ0) is 11.8. The van der Waals surface area contributed by atoms with Gasteiger partial charge in [0, 0.05) is 19.8 Å². The van der Waals surface area contributed by atoms with E-state index < -0.39 is 0 Å². The second-order valence-electron chi connectivity index (χ2n) is 4.42. The van der Waals surface area contributed by atoms with Crippen LogP contribution in [0.25, 0.3) is 0 Å².